The van der Waals surface area contributed by atoms with Crippen LogP contribution in [0.15, 0.2) is 53.7 Å². The van der Waals surface area contributed by atoms with Crippen molar-refractivity contribution in [3.8, 4) is 5.75 Å². The first kappa shape index (κ1) is 20.3. The maximum atomic E-state index is 12.6. The van der Waals surface area contributed by atoms with Gasteiger partial charge in [0.15, 0.2) is 0 Å². The van der Waals surface area contributed by atoms with Gasteiger partial charge in [0.2, 0.25) is 15.9 Å². The lowest BCUT2D eigenvalue weighted by molar-refractivity contribution is -0.120. The van der Waals surface area contributed by atoms with Crippen LogP contribution in [0, 0.1) is 5.92 Å². The lowest BCUT2D eigenvalue weighted by Gasteiger charge is -2.31. The van der Waals surface area contributed by atoms with E-state index in [2.05, 4.69) is 10.3 Å². The average Bonchev–Trinajstić information content (AvgIpc) is 2.73. The maximum Gasteiger partial charge on any atom is 0.244 e. The number of ether oxygens (including phenoxy) is 1. The van der Waals surface area contributed by atoms with E-state index in [1.165, 1.54) is 10.5 Å². The van der Waals surface area contributed by atoms with E-state index in [4.69, 9.17) is 4.74 Å². The maximum absolute atomic E-state index is 12.6. The highest BCUT2D eigenvalue weighted by Gasteiger charge is 2.29. The van der Waals surface area contributed by atoms with Crippen LogP contribution in [-0.2, 0) is 21.2 Å². The van der Waals surface area contributed by atoms with Gasteiger partial charge in [0.05, 0.1) is 13.5 Å². The first-order valence-electron chi connectivity index (χ1n) is 9.29. The highest BCUT2D eigenvalue weighted by molar-refractivity contribution is 7.89. The van der Waals surface area contributed by atoms with Crippen LogP contribution in [0.4, 0.5) is 0 Å². The fourth-order valence-corrected chi connectivity index (χ4v) is 4.73. The normalized spacial score (nSPS) is 15.9. The summed E-state index contributed by atoms with van der Waals surface area (Å²) in [6.45, 7) is 1.46. The molecule has 2 aromatic rings. The number of amides is 1. The number of nitrogens with one attached hydrogen (secondary N) is 1. The van der Waals surface area contributed by atoms with Crippen LogP contribution >= 0.6 is 0 Å². The molecular formula is C20H25N3O4S. The third-order valence-electron chi connectivity index (χ3n) is 4.93. The van der Waals surface area contributed by atoms with Gasteiger partial charge in [-0.3, -0.25) is 9.78 Å². The minimum Gasteiger partial charge on any atom is -0.497 e. The number of pyridine rings is 1. The number of methoxy groups -OCH3 is 1. The number of carbonyl (C=O) groups excluding carboxylic acids is 1. The summed E-state index contributed by atoms with van der Waals surface area (Å²) in [6, 6.07) is 10.6. The summed E-state index contributed by atoms with van der Waals surface area (Å²) in [4.78, 5) is 16.3. The van der Waals surface area contributed by atoms with Gasteiger partial charge in [-0.05, 0) is 48.6 Å². The molecule has 0 bridgehead atoms. The summed E-state index contributed by atoms with van der Waals surface area (Å²) >= 11 is 0. The fraction of sp³-hybridized carbons (Fsp3) is 0.400. The van der Waals surface area contributed by atoms with Gasteiger partial charge in [-0.25, -0.2) is 8.42 Å². The van der Waals surface area contributed by atoms with Crippen LogP contribution in [-0.4, -0.2) is 50.4 Å². The summed E-state index contributed by atoms with van der Waals surface area (Å²) in [6.07, 6.45) is 4.67. The van der Waals surface area contributed by atoms with Gasteiger partial charge in [0, 0.05) is 32.0 Å². The summed E-state index contributed by atoms with van der Waals surface area (Å²) in [5, 5.41) is 2.97. The van der Waals surface area contributed by atoms with E-state index >= 15 is 0 Å². The molecule has 2 heterocycles. The molecule has 28 heavy (non-hydrogen) atoms. The fourth-order valence-electron chi connectivity index (χ4n) is 3.29. The number of hydrogen-bond acceptors (Lipinski definition) is 5. The summed E-state index contributed by atoms with van der Waals surface area (Å²) in [5.74, 6) is 0.959. The standard InChI is InChI=1S/C20H25N3O4S/c1-27-18-5-2-4-17(12-18)13-20(24)22-14-16-7-10-23(11-8-16)28(25,26)19-6-3-9-21-15-19/h2-6,9,12,15-16H,7-8,10-11,13-14H2,1H3,(H,22,24). The largest absolute Gasteiger partial charge is 0.497 e. The Bertz CT molecular complexity index is 895. The Balaban J connectivity index is 1.46. The zero-order chi connectivity index (χ0) is 20.0. The van der Waals surface area contributed by atoms with Crippen LogP contribution in [0.1, 0.15) is 18.4 Å². The molecule has 3 rings (SSSR count). The van der Waals surface area contributed by atoms with Crippen LogP contribution in [0.2, 0.25) is 0 Å². The molecule has 0 spiro atoms. The highest BCUT2D eigenvalue weighted by Crippen LogP contribution is 2.23. The Morgan fingerprint density at radius 2 is 2.04 bits per heavy atom. The molecule has 8 heteroatoms. The second-order valence-corrected chi connectivity index (χ2v) is 8.81. The van der Waals surface area contributed by atoms with Gasteiger partial charge in [0.1, 0.15) is 10.6 Å². The molecule has 1 saturated heterocycles. The molecule has 0 saturated carbocycles. The van der Waals surface area contributed by atoms with Crippen LogP contribution in [0.5, 0.6) is 5.75 Å². The van der Waals surface area contributed by atoms with Crippen LogP contribution in [0.3, 0.4) is 0 Å². The van der Waals surface area contributed by atoms with Crippen LogP contribution in [0.25, 0.3) is 0 Å². The van der Waals surface area contributed by atoms with E-state index in [9.17, 15) is 13.2 Å². The monoisotopic (exact) mass is 403 g/mol. The van der Waals surface area contributed by atoms with Crippen molar-refractivity contribution in [3.63, 3.8) is 0 Å². The van der Waals surface area contributed by atoms with Crippen molar-refractivity contribution in [3.05, 3.63) is 54.4 Å². The number of aromatic nitrogens is 1. The minimum atomic E-state index is -3.49. The molecule has 0 unspecified atom stereocenters. The molecule has 0 atom stereocenters. The van der Waals surface area contributed by atoms with Crippen molar-refractivity contribution < 1.29 is 17.9 Å². The zero-order valence-electron chi connectivity index (χ0n) is 15.9. The third-order valence-corrected chi connectivity index (χ3v) is 6.81. The molecule has 1 aromatic heterocycles. The van der Waals surface area contributed by atoms with Gasteiger partial charge in [-0.2, -0.15) is 4.31 Å². The summed E-state index contributed by atoms with van der Waals surface area (Å²) < 4.78 is 31.9. The Morgan fingerprint density at radius 1 is 1.25 bits per heavy atom. The number of nitrogens with zero attached hydrogens (tertiary/aromatic N) is 2. The number of sulfonamides is 1. The lowest BCUT2D eigenvalue weighted by atomic mass is 9.98. The third kappa shape index (κ3) is 5.08. The molecule has 1 fully saturated rings. The molecule has 1 amide bonds. The van der Waals surface area contributed by atoms with Crippen molar-refractivity contribution in [2.45, 2.75) is 24.2 Å². The van der Waals surface area contributed by atoms with Crippen molar-refractivity contribution in [1.82, 2.24) is 14.6 Å². The molecule has 7 nitrogen and oxygen atoms in total. The Morgan fingerprint density at radius 3 is 2.71 bits per heavy atom. The van der Waals surface area contributed by atoms with Crippen molar-refractivity contribution >= 4 is 15.9 Å². The topological polar surface area (TPSA) is 88.6 Å². The summed E-state index contributed by atoms with van der Waals surface area (Å²) in [5.41, 5.74) is 0.897. The summed E-state index contributed by atoms with van der Waals surface area (Å²) in [7, 11) is -1.90. The molecule has 0 aliphatic carbocycles. The minimum absolute atomic E-state index is 0.0429. The van der Waals surface area contributed by atoms with Gasteiger partial charge in [-0.15, -0.1) is 0 Å². The van der Waals surface area contributed by atoms with Gasteiger partial charge >= 0.3 is 0 Å². The molecule has 150 valence electrons. The number of hydrogen-bond donors (Lipinski definition) is 1. The van der Waals surface area contributed by atoms with E-state index in [-0.39, 0.29) is 16.7 Å². The predicted octanol–water partition coefficient (Wildman–Crippen LogP) is 1.85. The van der Waals surface area contributed by atoms with Crippen LogP contribution < -0.4 is 10.1 Å². The average molecular weight is 404 g/mol. The molecule has 1 N–H and O–H groups in total. The van der Waals surface area contributed by atoms with Crippen molar-refractivity contribution in [2.75, 3.05) is 26.7 Å². The SMILES string of the molecule is COc1cccc(CC(=O)NCC2CCN(S(=O)(=O)c3cccnc3)CC2)c1. The Kier molecular flexibility index (Phi) is 6.64. The second-order valence-electron chi connectivity index (χ2n) is 6.87. The number of rotatable bonds is 7. The van der Waals surface area contributed by atoms with E-state index in [0.29, 0.717) is 26.1 Å². The number of piperidine rings is 1. The molecule has 1 aliphatic rings. The number of carbonyl (C=O) groups is 1. The first-order valence-corrected chi connectivity index (χ1v) is 10.7. The lowest BCUT2D eigenvalue weighted by Crippen LogP contribution is -2.41. The number of benzene rings is 1. The van der Waals surface area contributed by atoms with Gasteiger partial charge in [0.25, 0.3) is 0 Å². The molecular weight excluding hydrogens is 378 g/mol. The van der Waals surface area contributed by atoms with Gasteiger partial charge in [-0.1, -0.05) is 12.1 Å². The first-order chi connectivity index (χ1) is 13.5. The van der Waals surface area contributed by atoms with Crippen molar-refractivity contribution in [1.29, 1.82) is 0 Å². The Hall–Kier alpha value is -2.45. The molecule has 1 aliphatic heterocycles. The van der Waals surface area contributed by atoms with E-state index < -0.39 is 10.0 Å². The van der Waals surface area contributed by atoms with Crippen molar-refractivity contribution in [2.24, 2.45) is 5.92 Å². The quantitative estimate of drug-likeness (QED) is 0.762. The smallest absolute Gasteiger partial charge is 0.244 e. The van der Waals surface area contributed by atoms with E-state index in [1.807, 2.05) is 24.3 Å². The predicted molar refractivity (Wildman–Crippen MR) is 105 cm³/mol. The molecule has 0 radical (unpaired) electrons. The molecule has 1 aromatic carbocycles. The van der Waals surface area contributed by atoms with E-state index in [1.54, 1.807) is 25.4 Å². The van der Waals surface area contributed by atoms with Gasteiger partial charge < -0.3 is 10.1 Å². The zero-order valence-corrected chi connectivity index (χ0v) is 16.7. The Labute approximate surface area is 165 Å². The second kappa shape index (κ2) is 9.16. The van der Waals surface area contributed by atoms with E-state index in [0.717, 1.165) is 24.2 Å². The highest BCUT2D eigenvalue weighted by atomic mass is 32.2.